The molecule has 0 aromatic heterocycles. The Labute approximate surface area is 693 Å². The molecule has 4 aromatic carbocycles. The molecule has 2 bridgehead atoms. The molecule has 27 nitrogen and oxygen atoms in total. The van der Waals surface area contributed by atoms with Gasteiger partial charge in [0.1, 0.15) is 42.7 Å². The Morgan fingerprint density at radius 1 is 0.798 bits per heavy atom. The highest BCUT2D eigenvalue weighted by Crippen LogP contribution is 2.66. The molecule has 1 aliphatic heterocycles. The van der Waals surface area contributed by atoms with Crippen molar-refractivity contribution in [2.24, 2.45) is 57.5 Å². The van der Waals surface area contributed by atoms with Crippen molar-refractivity contribution >= 4 is 65.4 Å². The Kier molecular flexibility index (Phi) is 26.6. The predicted molar refractivity (Wildman–Crippen MR) is 435 cm³/mol. The van der Waals surface area contributed by atoms with Gasteiger partial charge in [0.25, 0.3) is 5.91 Å². The number of amides is 5. The summed E-state index contributed by atoms with van der Waals surface area (Å²) in [6.45, 7) is 19.4. The molecule has 12 rings (SSSR count). The molecule has 0 radical (unpaired) electrons. The van der Waals surface area contributed by atoms with E-state index in [4.69, 9.17) is 43.6 Å². The number of hydrogen-bond donors (Lipinski definition) is 9. The first-order valence-corrected chi connectivity index (χ1v) is 41.3. The molecule has 8 aliphatic rings. The van der Waals surface area contributed by atoms with Crippen LogP contribution in [0.5, 0.6) is 0 Å². The lowest BCUT2D eigenvalue weighted by atomic mass is 9.44. The Morgan fingerprint density at radius 2 is 1.46 bits per heavy atom. The van der Waals surface area contributed by atoms with Gasteiger partial charge in [-0.15, -0.1) is 0 Å². The normalized spacial score (nSPS) is 30.1. The number of benzene rings is 4. The van der Waals surface area contributed by atoms with Gasteiger partial charge >= 0.3 is 42.2 Å². The minimum Gasteiger partial charge on any atom is -0.456 e. The maximum atomic E-state index is 16.7. The molecule has 119 heavy (non-hydrogen) atoms. The Balaban J connectivity index is 0.764. The van der Waals surface area contributed by atoms with E-state index < -0.39 is 186 Å². The van der Waals surface area contributed by atoms with Crippen LogP contribution in [0.4, 0.5) is 20.1 Å². The fourth-order valence-corrected chi connectivity index (χ4v) is 20.1. The van der Waals surface area contributed by atoms with E-state index in [9.17, 15) is 63.6 Å². The minimum absolute atomic E-state index is 0.0245. The first kappa shape index (κ1) is 88.0. The molecule has 1 saturated heterocycles. The number of aliphatic hydroxyl groups excluding tert-OH is 3. The number of primary amides is 1. The lowest BCUT2D eigenvalue weighted by Gasteiger charge is -2.67. The van der Waals surface area contributed by atoms with E-state index in [1.54, 1.807) is 117 Å². The van der Waals surface area contributed by atoms with Gasteiger partial charge in [0.05, 0.1) is 47.7 Å². The number of aliphatic hydroxyl groups is 4. The van der Waals surface area contributed by atoms with Crippen LogP contribution in [0.3, 0.4) is 0 Å². The smallest absolute Gasteiger partial charge is 0.456 e. The summed E-state index contributed by atoms with van der Waals surface area (Å²) in [5, 5.41) is 58.6. The monoisotopic (exact) mass is 1640 g/mol. The third-order valence-corrected chi connectivity index (χ3v) is 26.7. The average Bonchev–Trinajstić information content (AvgIpc) is 1.05. The fourth-order valence-electron chi connectivity index (χ4n) is 20.1. The predicted octanol–water partition coefficient (Wildman–Crippen LogP) is 11.7. The van der Waals surface area contributed by atoms with Gasteiger partial charge in [-0.25, -0.2) is 24.0 Å². The number of ether oxygens (including phenoxy) is 8. The summed E-state index contributed by atoms with van der Waals surface area (Å²) >= 11 is 0. The third-order valence-electron chi connectivity index (χ3n) is 26.7. The molecule has 1 heterocycles. The molecule has 10 N–H and O–H groups in total. The maximum Gasteiger partial charge on any atom is 0.508 e. The summed E-state index contributed by atoms with van der Waals surface area (Å²) in [4.78, 5) is 143. The number of nitrogens with one attached hydrogen (secondary N) is 4. The van der Waals surface area contributed by atoms with E-state index in [1.807, 2.05) is 6.08 Å². The zero-order valence-electron chi connectivity index (χ0n) is 69.3. The van der Waals surface area contributed by atoms with Crippen molar-refractivity contribution in [1.29, 1.82) is 0 Å². The van der Waals surface area contributed by atoms with Crippen LogP contribution < -0.4 is 27.0 Å². The second-order valence-electron chi connectivity index (χ2n) is 35.1. The number of carbonyl (C=O) groups is 10. The Hall–Kier alpha value is -10.3. The van der Waals surface area contributed by atoms with Crippen molar-refractivity contribution in [3.05, 3.63) is 196 Å². The number of alkyl carbamates (subject to hydrolysis) is 1. The summed E-state index contributed by atoms with van der Waals surface area (Å²) in [5.41, 5.74) is -0.466. The number of fused-ring (bicyclic) bond motifs is 6. The number of esters is 4. The van der Waals surface area contributed by atoms with Gasteiger partial charge in [-0.2, -0.15) is 0 Å². The number of hydrogen-bond acceptors (Lipinski definition) is 22. The van der Waals surface area contributed by atoms with Gasteiger partial charge in [-0.05, 0) is 197 Å². The molecule has 15 unspecified atom stereocenters. The number of allylic oxidation sites excluding steroid dienone is 4. The van der Waals surface area contributed by atoms with E-state index in [0.29, 0.717) is 53.5 Å². The summed E-state index contributed by atoms with van der Waals surface area (Å²) in [6.07, 6.45) is 0.888. The zero-order chi connectivity index (χ0) is 85.8. The topological polar surface area (TPSA) is 400 Å². The number of anilines is 1. The van der Waals surface area contributed by atoms with Crippen molar-refractivity contribution < 1.29 is 106 Å². The summed E-state index contributed by atoms with van der Waals surface area (Å²) in [6, 6.07) is 28.0. The molecule has 7 aliphatic carbocycles. The van der Waals surface area contributed by atoms with E-state index in [2.05, 4.69) is 59.9 Å². The van der Waals surface area contributed by atoms with Crippen molar-refractivity contribution in [1.82, 2.24) is 16.0 Å². The maximum absolute atomic E-state index is 16.7. The molecule has 7 fully saturated rings. The highest BCUT2D eigenvalue weighted by Gasteiger charge is 2.79. The molecule has 6 saturated carbocycles. The number of Topliss-reactive ketones (excluding diaryl/α,β-unsaturated/α-hetero) is 1. The molecule has 0 spiro atoms. The molecule has 19 atom stereocenters. The number of carbonyl (C=O) groups excluding carboxylic acids is 10. The van der Waals surface area contributed by atoms with Crippen LogP contribution in [-0.4, -0.2) is 165 Å². The van der Waals surface area contributed by atoms with Gasteiger partial charge in [0, 0.05) is 61.9 Å². The van der Waals surface area contributed by atoms with Crippen molar-refractivity contribution in [2.75, 3.05) is 18.5 Å². The van der Waals surface area contributed by atoms with Crippen LogP contribution in [0.1, 0.15) is 191 Å². The first-order chi connectivity index (χ1) is 56.4. The lowest BCUT2D eigenvalue weighted by Crippen LogP contribution is -2.82. The van der Waals surface area contributed by atoms with E-state index in [0.717, 1.165) is 64.4 Å². The second kappa shape index (κ2) is 35.9. The van der Waals surface area contributed by atoms with E-state index in [1.165, 1.54) is 45.4 Å². The highest BCUT2D eigenvalue weighted by atomic mass is 16.7. The van der Waals surface area contributed by atoms with E-state index in [-0.39, 0.29) is 52.5 Å². The number of nitrogens with two attached hydrogens (primary N) is 1. The highest BCUT2D eigenvalue weighted by molar-refractivity contribution is 5.97. The Bertz CT molecular complexity index is 4620. The lowest BCUT2D eigenvalue weighted by molar-refractivity contribution is -0.346. The molecular formula is C92H113N5O22. The van der Waals surface area contributed by atoms with Crippen LogP contribution in [0.15, 0.2) is 174 Å². The second-order valence-corrected chi connectivity index (χ2v) is 35.1. The Morgan fingerprint density at radius 3 is 2.09 bits per heavy atom. The third kappa shape index (κ3) is 18.5. The molecule has 27 heteroatoms. The summed E-state index contributed by atoms with van der Waals surface area (Å²) in [7, 11) is 0. The quantitative estimate of drug-likeness (QED) is 0.0116. The number of ketones is 1. The van der Waals surface area contributed by atoms with Crippen LogP contribution in [-0.2, 0) is 68.5 Å². The van der Waals surface area contributed by atoms with Gasteiger partial charge in [0.2, 0.25) is 5.91 Å². The SMILES string of the molecule is C=C1/C(=C\C=C2/CCC[C@@]3(C)C2CCC3[C@@H](C)/C=C/C(OC(=O)NC(C)(C)C(CCCNC(N)=O)C(=O)Nc2ccc(COC(=O)OC3CC4OCC4(OC(C)=O)C4C(OC(=O)c5ccccc5)C5(O)CC(OC(=O)C(O)C(NC(=O)c6ccccc6)c6ccccc6)C(C)=C(C(OC(C)=O)C(=O)C34C)C5(C)C)cc2)C2CC2)C[C@@H](O)C[C@@H]1O. The zero-order valence-corrected chi connectivity index (χ0v) is 69.3. The summed E-state index contributed by atoms with van der Waals surface area (Å²) < 4.78 is 49.9. The molecule has 5 amide bonds. The van der Waals surface area contributed by atoms with Gasteiger partial charge in [-0.3, -0.25) is 24.0 Å². The van der Waals surface area contributed by atoms with Crippen LogP contribution in [0.25, 0.3) is 0 Å². The van der Waals surface area contributed by atoms with Crippen LogP contribution in [0.2, 0.25) is 0 Å². The molecule has 4 aromatic rings. The largest absolute Gasteiger partial charge is 0.508 e. The van der Waals surface area contributed by atoms with Crippen LogP contribution >= 0.6 is 0 Å². The van der Waals surface area contributed by atoms with Gasteiger partial charge in [0.15, 0.2) is 23.6 Å². The number of urea groups is 1. The average molecular weight is 1640 g/mol. The molecule has 638 valence electrons. The summed E-state index contributed by atoms with van der Waals surface area (Å²) in [5.74, 6) is -8.01. The fraction of sp³-hybridized carbons (Fsp3) is 0.522. The van der Waals surface area contributed by atoms with Gasteiger partial charge < -0.3 is 85.3 Å². The minimum atomic E-state index is -2.59. The standard InChI is InChI=1S/C92H113N5O22/c1-51(65-40-41-66-57(29-21-43-89(65,66)10)34-37-62-45-64(100)46-68(101)52(62)2)31-42-69(58-35-36-58)116-85(109)97-88(8,9)67(30-22-44-94-84(93)108)81(105)95-63-38-32-56(33-39-63)49-112-86(110)117-71-47-72-91(50-113-72,119-55(5)99)77-79(118-82(106)61-27-19-14-20-28-61)92(111)48-70(53(3)73(87(92,6)7)76(114-54(4)98)78(103)90(71,77)11)115-83(107)75(102)74(59-23-15-12-16-24-59)96-80(104)60-25-17-13-18-26-60/h12-20,23-28,31-34,37-39,42,51,58,64-72,74-77,79,100-102,111H,2,21-22,29-30,35-36,40-41,43-50H2,1,3-11H3,(H,95,105)(H,96,104)(H,97,109)(H3,93,94,108)/b42-31+,57-34+,62-37-/t51-,64+,65?,66?,67?,68-,69?,70?,71?,72?,74?,75?,76?,77?,79?,89+,90?,91?,92?/m0/s1. The van der Waals surface area contributed by atoms with Crippen molar-refractivity contribution in [2.45, 2.75) is 237 Å². The van der Waals surface area contributed by atoms with Crippen molar-refractivity contribution in [3.8, 4) is 0 Å². The van der Waals surface area contributed by atoms with Gasteiger partial charge in [-0.1, -0.05) is 137 Å². The molecular weight excluding hydrogens is 1530 g/mol. The van der Waals surface area contributed by atoms with E-state index >= 15 is 4.79 Å². The van der Waals surface area contributed by atoms with Crippen LogP contribution in [0, 0.1) is 51.8 Å². The number of rotatable bonds is 27. The first-order valence-electron chi connectivity index (χ1n) is 41.3. The van der Waals surface area contributed by atoms with Crippen molar-refractivity contribution in [3.63, 3.8) is 0 Å².